The van der Waals surface area contributed by atoms with Gasteiger partial charge in [0.25, 0.3) is 5.91 Å². The summed E-state index contributed by atoms with van der Waals surface area (Å²) >= 11 is 0. The number of nitrogens with one attached hydrogen (secondary N) is 2. The van der Waals surface area contributed by atoms with Gasteiger partial charge in [0.15, 0.2) is 6.29 Å². The van der Waals surface area contributed by atoms with Gasteiger partial charge < -0.3 is 15.5 Å². The number of hydrogen-bond donors (Lipinski definition) is 2. The molecule has 176 valence electrons. The molecule has 0 aliphatic rings. The van der Waals surface area contributed by atoms with E-state index in [0.29, 0.717) is 28.3 Å². The maximum absolute atomic E-state index is 12.9. The highest BCUT2D eigenvalue weighted by atomic mass is 16.1. The number of rotatable bonds is 10. The molecule has 35 heavy (non-hydrogen) atoms. The summed E-state index contributed by atoms with van der Waals surface area (Å²) in [7, 11) is 0. The number of amides is 1. The van der Waals surface area contributed by atoms with Gasteiger partial charge in [-0.3, -0.25) is 9.59 Å². The monoisotopic (exact) mass is 464 g/mol. The molecule has 3 aromatic carbocycles. The quantitative estimate of drug-likeness (QED) is 0.252. The van der Waals surface area contributed by atoms with Crippen LogP contribution in [0, 0.1) is 0 Å². The lowest BCUT2D eigenvalue weighted by atomic mass is 10.1. The van der Waals surface area contributed by atoms with Crippen LogP contribution in [0.5, 0.6) is 0 Å². The number of aldehydes is 1. The molecule has 1 amide bonds. The van der Waals surface area contributed by atoms with Crippen molar-refractivity contribution in [1.29, 1.82) is 0 Å². The summed E-state index contributed by atoms with van der Waals surface area (Å²) in [6.07, 6.45) is 4.56. The van der Waals surface area contributed by atoms with E-state index >= 15 is 0 Å². The van der Waals surface area contributed by atoms with Gasteiger partial charge >= 0.3 is 0 Å². The molecule has 6 nitrogen and oxygen atoms in total. The minimum atomic E-state index is -0.219. The molecular weight excluding hydrogens is 436 g/mol. The first kappa shape index (κ1) is 23.7. The SMILES string of the molecule is CCCCN(c1ccccc1)c1ccc(NC(=O)c2cccc(Nc3ncccc3C=O)c2)cc1. The molecule has 1 aromatic heterocycles. The summed E-state index contributed by atoms with van der Waals surface area (Å²) in [5.41, 5.74) is 4.56. The maximum atomic E-state index is 12.9. The maximum Gasteiger partial charge on any atom is 0.255 e. The van der Waals surface area contributed by atoms with E-state index in [4.69, 9.17) is 0 Å². The molecule has 4 rings (SSSR count). The smallest absolute Gasteiger partial charge is 0.255 e. The highest BCUT2D eigenvalue weighted by Crippen LogP contribution is 2.27. The number of carbonyl (C=O) groups is 2. The van der Waals surface area contributed by atoms with Gasteiger partial charge in [-0.05, 0) is 73.2 Å². The van der Waals surface area contributed by atoms with E-state index in [9.17, 15) is 9.59 Å². The number of carbonyl (C=O) groups excluding carboxylic acids is 2. The summed E-state index contributed by atoms with van der Waals surface area (Å²) in [4.78, 5) is 30.6. The molecule has 0 unspecified atom stereocenters. The fraction of sp³-hybridized carbons (Fsp3) is 0.138. The first-order chi connectivity index (χ1) is 17.2. The molecule has 0 saturated carbocycles. The Bertz CT molecular complexity index is 1270. The lowest BCUT2D eigenvalue weighted by Gasteiger charge is -2.25. The third-order valence-electron chi connectivity index (χ3n) is 5.59. The zero-order valence-corrected chi connectivity index (χ0v) is 19.6. The van der Waals surface area contributed by atoms with Crippen molar-refractivity contribution < 1.29 is 9.59 Å². The van der Waals surface area contributed by atoms with Crippen molar-refractivity contribution in [3.8, 4) is 0 Å². The Balaban J connectivity index is 1.46. The number of benzene rings is 3. The number of aromatic nitrogens is 1. The van der Waals surface area contributed by atoms with E-state index in [0.717, 1.165) is 37.0 Å². The Morgan fingerprint density at radius 1 is 0.886 bits per heavy atom. The summed E-state index contributed by atoms with van der Waals surface area (Å²) in [6, 6.07) is 28.7. The molecule has 0 spiro atoms. The minimum absolute atomic E-state index is 0.219. The number of hydrogen-bond acceptors (Lipinski definition) is 5. The zero-order valence-electron chi connectivity index (χ0n) is 19.6. The van der Waals surface area contributed by atoms with Gasteiger partial charge in [-0.25, -0.2) is 4.98 Å². The van der Waals surface area contributed by atoms with Crippen LogP contribution in [0.25, 0.3) is 0 Å². The third-order valence-corrected chi connectivity index (χ3v) is 5.59. The topological polar surface area (TPSA) is 74.3 Å². The summed E-state index contributed by atoms with van der Waals surface area (Å²) in [6.45, 7) is 3.11. The Kier molecular flexibility index (Phi) is 7.86. The fourth-order valence-electron chi connectivity index (χ4n) is 3.75. The van der Waals surface area contributed by atoms with Crippen LogP contribution in [-0.2, 0) is 0 Å². The largest absolute Gasteiger partial charge is 0.341 e. The van der Waals surface area contributed by atoms with Crippen LogP contribution in [0.4, 0.5) is 28.6 Å². The Morgan fingerprint density at radius 2 is 1.66 bits per heavy atom. The van der Waals surface area contributed by atoms with Crippen molar-refractivity contribution in [2.45, 2.75) is 19.8 Å². The standard InChI is InChI=1S/C29H28N4O2/c1-2-3-19-33(26-12-5-4-6-13-26)27-16-14-24(15-17-27)32-29(35)22-9-7-11-25(20-22)31-28-23(21-34)10-8-18-30-28/h4-18,20-21H,2-3,19H2,1H3,(H,30,31)(H,32,35). The third kappa shape index (κ3) is 6.12. The highest BCUT2D eigenvalue weighted by Gasteiger charge is 2.11. The number of nitrogens with zero attached hydrogens (tertiary/aromatic N) is 2. The van der Waals surface area contributed by atoms with Crippen molar-refractivity contribution in [3.05, 3.63) is 108 Å². The number of para-hydroxylation sites is 1. The van der Waals surface area contributed by atoms with Crippen molar-refractivity contribution in [2.24, 2.45) is 0 Å². The number of anilines is 5. The fourth-order valence-corrected chi connectivity index (χ4v) is 3.75. The molecule has 0 aliphatic heterocycles. The van der Waals surface area contributed by atoms with Crippen LogP contribution in [0.15, 0.2) is 97.2 Å². The predicted molar refractivity (Wildman–Crippen MR) is 142 cm³/mol. The lowest BCUT2D eigenvalue weighted by molar-refractivity contribution is 0.102. The second kappa shape index (κ2) is 11.6. The highest BCUT2D eigenvalue weighted by molar-refractivity contribution is 6.05. The van der Waals surface area contributed by atoms with Crippen LogP contribution in [-0.4, -0.2) is 23.7 Å². The van der Waals surface area contributed by atoms with E-state index < -0.39 is 0 Å². The van der Waals surface area contributed by atoms with Gasteiger partial charge in [-0.2, -0.15) is 0 Å². The molecule has 6 heteroatoms. The molecule has 4 aromatic rings. The normalized spacial score (nSPS) is 10.4. The Morgan fingerprint density at radius 3 is 2.40 bits per heavy atom. The van der Waals surface area contributed by atoms with Crippen molar-refractivity contribution in [1.82, 2.24) is 4.98 Å². The molecule has 0 saturated heterocycles. The van der Waals surface area contributed by atoms with Gasteiger partial charge in [0.05, 0.1) is 5.56 Å². The first-order valence-corrected chi connectivity index (χ1v) is 11.7. The molecule has 0 fully saturated rings. The van der Waals surface area contributed by atoms with Crippen LogP contribution in [0.3, 0.4) is 0 Å². The van der Waals surface area contributed by atoms with E-state index in [1.165, 1.54) is 0 Å². The first-order valence-electron chi connectivity index (χ1n) is 11.7. The molecule has 0 atom stereocenters. The second-order valence-electron chi connectivity index (χ2n) is 8.11. The molecule has 0 bridgehead atoms. The average Bonchev–Trinajstić information content (AvgIpc) is 2.91. The lowest BCUT2D eigenvalue weighted by Crippen LogP contribution is -2.18. The summed E-state index contributed by atoms with van der Waals surface area (Å²) in [5.74, 6) is 0.227. The summed E-state index contributed by atoms with van der Waals surface area (Å²) in [5, 5.41) is 6.07. The van der Waals surface area contributed by atoms with Crippen molar-refractivity contribution in [3.63, 3.8) is 0 Å². The van der Waals surface area contributed by atoms with Gasteiger partial charge in [0.2, 0.25) is 0 Å². The number of unbranched alkanes of at least 4 members (excludes halogenated alkanes) is 1. The van der Waals surface area contributed by atoms with Crippen LogP contribution in [0.1, 0.15) is 40.5 Å². The van der Waals surface area contributed by atoms with E-state index in [1.54, 1.807) is 36.5 Å². The van der Waals surface area contributed by atoms with Gasteiger partial charge in [-0.1, -0.05) is 37.6 Å². The molecular formula is C29H28N4O2. The van der Waals surface area contributed by atoms with Gasteiger partial charge in [-0.15, -0.1) is 0 Å². The van der Waals surface area contributed by atoms with Crippen molar-refractivity contribution in [2.75, 3.05) is 22.1 Å². The summed E-state index contributed by atoms with van der Waals surface area (Å²) < 4.78 is 0. The van der Waals surface area contributed by atoms with Crippen LogP contribution < -0.4 is 15.5 Å². The predicted octanol–water partition coefficient (Wildman–Crippen LogP) is 6.83. The minimum Gasteiger partial charge on any atom is -0.341 e. The average molecular weight is 465 g/mol. The number of pyridine rings is 1. The van der Waals surface area contributed by atoms with Gasteiger partial charge in [0, 0.05) is 41.1 Å². The van der Waals surface area contributed by atoms with E-state index in [-0.39, 0.29) is 5.91 Å². The zero-order chi connectivity index (χ0) is 24.5. The Hall–Kier alpha value is -4.45. The molecule has 0 aliphatic carbocycles. The van der Waals surface area contributed by atoms with Crippen molar-refractivity contribution >= 4 is 40.8 Å². The Labute approximate surface area is 205 Å². The molecule has 0 radical (unpaired) electrons. The second-order valence-corrected chi connectivity index (χ2v) is 8.11. The van der Waals surface area contributed by atoms with Gasteiger partial charge in [0.1, 0.15) is 5.82 Å². The molecule has 2 N–H and O–H groups in total. The van der Waals surface area contributed by atoms with E-state index in [1.807, 2.05) is 48.5 Å². The van der Waals surface area contributed by atoms with E-state index in [2.05, 4.69) is 39.6 Å². The molecule has 1 heterocycles. The van der Waals surface area contributed by atoms with Crippen LogP contribution >= 0.6 is 0 Å². The van der Waals surface area contributed by atoms with Crippen LogP contribution in [0.2, 0.25) is 0 Å².